The predicted octanol–water partition coefficient (Wildman–Crippen LogP) is 3.87. The van der Waals surface area contributed by atoms with Gasteiger partial charge in [0.15, 0.2) is 0 Å². The third kappa shape index (κ3) is 3.01. The van der Waals surface area contributed by atoms with Gasteiger partial charge in [-0.3, -0.25) is 5.10 Å². The summed E-state index contributed by atoms with van der Waals surface area (Å²) in [6, 6.07) is 9.37. The number of fused-ring (bicyclic) bond motifs is 1. The number of H-pyrrole nitrogens is 1. The van der Waals surface area contributed by atoms with Crippen molar-refractivity contribution < 1.29 is 13.5 Å². The van der Waals surface area contributed by atoms with E-state index in [4.69, 9.17) is 4.74 Å². The molecule has 1 aliphatic heterocycles. The largest absolute Gasteiger partial charge is 0.491 e. The Kier molecular flexibility index (Phi) is 3.59. The zero-order chi connectivity index (χ0) is 17.6. The number of aromatic nitrogens is 3. The molecule has 3 heterocycles. The molecule has 0 unspecified atom stereocenters. The minimum absolute atomic E-state index is 0.0772. The van der Waals surface area contributed by atoms with Crippen LogP contribution in [0, 0.1) is 0 Å². The highest BCUT2D eigenvalue weighted by molar-refractivity contribution is 5.94. The lowest BCUT2D eigenvalue weighted by Crippen LogP contribution is -2.56. The van der Waals surface area contributed by atoms with Gasteiger partial charge in [0.05, 0.1) is 24.7 Å². The maximum Gasteiger partial charge on any atom is 0.282 e. The van der Waals surface area contributed by atoms with Gasteiger partial charge >= 0.3 is 0 Å². The lowest BCUT2D eigenvalue weighted by atomic mass is 10.1. The summed E-state index contributed by atoms with van der Waals surface area (Å²) in [5.74, 6) is -1.32. The van der Waals surface area contributed by atoms with E-state index in [0.29, 0.717) is 5.82 Å². The molecule has 7 heteroatoms. The van der Waals surface area contributed by atoms with Gasteiger partial charge in [-0.15, -0.1) is 0 Å². The molecule has 0 aliphatic carbocycles. The van der Waals surface area contributed by atoms with Gasteiger partial charge in [0.2, 0.25) is 0 Å². The van der Waals surface area contributed by atoms with Gasteiger partial charge in [0.25, 0.3) is 5.92 Å². The van der Waals surface area contributed by atoms with Crippen molar-refractivity contribution >= 4 is 16.7 Å². The van der Waals surface area contributed by atoms with Gasteiger partial charge in [-0.2, -0.15) is 5.10 Å². The van der Waals surface area contributed by atoms with Crippen LogP contribution < -0.4 is 9.64 Å². The maximum absolute atomic E-state index is 13.1. The van der Waals surface area contributed by atoms with Crippen molar-refractivity contribution in [2.75, 3.05) is 18.0 Å². The van der Waals surface area contributed by atoms with Crippen molar-refractivity contribution in [3.05, 3.63) is 36.5 Å². The van der Waals surface area contributed by atoms with Crippen LogP contribution in [0.3, 0.4) is 0 Å². The van der Waals surface area contributed by atoms with Crippen LogP contribution in [0.15, 0.2) is 36.5 Å². The molecule has 1 aliphatic rings. The second-order valence-electron chi connectivity index (χ2n) is 6.56. The molecule has 2 aromatic heterocycles. The van der Waals surface area contributed by atoms with Crippen molar-refractivity contribution in [1.82, 2.24) is 15.2 Å². The smallest absolute Gasteiger partial charge is 0.282 e. The molecule has 1 aromatic carbocycles. The summed E-state index contributed by atoms with van der Waals surface area (Å²) in [4.78, 5) is 5.76. The minimum Gasteiger partial charge on any atom is -0.491 e. The number of hydrogen-bond donors (Lipinski definition) is 1. The molecular weight excluding hydrogens is 326 g/mol. The van der Waals surface area contributed by atoms with Crippen molar-refractivity contribution in [3.8, 4) is 17.0 Å². The number of ether oxygens (including phenoxy) is 1. The van der Waals surface area contributed by atoms with E-state index in [1.54, 1.807) is 17.2 Å². The minimum atomic E-state index is -2.63. The van der Waals surface area contributed by atoms with E-state index in [2.05, 4.69) is 15.2 Å². The van der Waals surface area contributed by atoms with Gasteiger partial charge in [-0.25, -0.2) is 13.8 Å². The Balaban J connectivity index is 1.69. The van der Waals surface area contributed by atoms with Crippen LogP contribution in [0.1, 0.15) is 13.8 Å². The topological polar surface area (TPSA) is 54.0 Å². The summed E-state index contributed by atoms with van der Waals surface area (Å²) in [6.07, 6.45) is 1.70. The first kappa shape index (κ1) is 15.8. The highest BCUT2D eigenvalue weighted by Crippen LogP contribution is 2.34. The molecular formula is C18H18F2N4O. The Morgan fingerprint density at radius 1 is 1.20 bits per heavy atom. The first-order chi connectivity index (χ1) is 11.9. The summed E-state index contributed by atoms with van der Waals surface area (Å²) >= 11 is 0. The van der Waals surface area contributed by atoms with Crippen molar-refractivity contribution in [2.45, 2.75) is 25.9 Å². The van der Waals surface area contributed by atoms with Crippen LogP contribution in [0.4, 0.5) is 14.6 Å². The highest BCUT2D eigenvalue weighted by atomic mass is 19.3. The first-order valence-electron chi connectivity index (χ1n) is 8.15. The molecule has 0 amide bonds. The Morgan fingerprint density at radius 3 is 2.72 bits per heavy atom. The van der Waals surface area contributed by atoms with E-state index in [9.17, 15) is 8.78 Å². The SMILES string of the molecule is CC(C)Oc1ccc2[nH]nc(-c3ccnc(N4CC(F)(F)C4)c3)c2c1. The Labute approximate surface area is 143 Å². The zero-order valence-electron chi connectivity index (χ0n) is 14.0. The van der Waals surface area contributed by atoms with Gasteiger partial charge < -0.3 is 9.64 Å². The fourth-order valence-electron chi connectivity index (χ4n) is 2.97. The van der Waals surface area contributed by atoms with Crippen molar-refractivity contribution in [2.24, 2.45) is 0 Å². The number of hydrogen-bond acceptors (Lipinski definition) is 4. The predicted molar refractivity (Wildman–Crippen MR) is 92.2 cm³/mol. The molecule has 4 rings (SSSR count). The number of aromatic amines is 1. The van der Waals surface area contributed by atoms with Gasteiger partial charge in [0, 0.05) is 17.1 Å². The lowest BCUT2D eigenvalue weighted by molar-refractivity contribution is -0.0266. The van der Waals surface area contributed by atoms with E-state index >= 15 is 0 Å². The maximum atomic E-state index is 13.1. The fraction of sp³-hybridized carbons (Fsp3) is 0.333. The van der Waals surface area contributed by atoms with Gasteiger partial charge in [-0.1, -0.05) is 0 Å². The number of anilines is 1. The quantitative estimate of drug-likeness (QED) is 0.781. The lowest BCUT2D eigenvalue weighted by Gasteiger charge is -2.39. The molecule has 0 spiro atoms. The molecule has 1 fully saturated rings. The number of halogens is 2. The molecule has 1 saturated heterocycles. The van der Waals surface area contributed by atoms with Crippen molar-refractivity contribution in [1.29, 1.82) is 0 Å². The second kappa shape index (κ2) is 5.68. The number of rotatable bonds is 4. The summed E-state index contributed by atoms with van der Waals surface area (Å²) in [5.41, 5.74) is 2.47. The van der Waals surface area contributed by atoms with Gasteiger partial charge in [-0.05, 0) is 44.2 Å². The van der Waals surface area contributed by atoms with Crippen LogP contribution in [0.2, 0.25) is 0 Å². The highest BCUT2D eigenvalue weighted by Gasteiger charge is 2.44. The Bertz CT molecular complexity index is 914. The van der Waals surface area contributed by atoms with Crippen LogP contribution in [-0.4, -0.2) is 40.3 Å². The molecule has 0 saturated carbocycles. The molecule has 0 atom stereocenters. The second-order valence-corrected chi connectivity index (χ2v) is 6.56. The van der Waals surface area contributed by atoms with Crippen LogP contribution >= 0.6 is 0 Å². The molecule has 0 radical (unpaired) electrons. The van der Waals surface area contributed by atoms with E-state index in [-0.39, 0.29) is 19.2 Å². The van der Waals surface area contributed by atoms with E-state index in [0.717, 1.165) is 27.9 Å². The average Bonchev–Trinajstić information content (AvgIpc) is 2.95. The van der Waals surface area contributed by atoms with Crippen LogP contribution in [-0.2, 0) is 0 Å². The number of pyridine rings is 1. The molecule has 130 valence electrons. The summed E-state index contributed by atoms with van der Waals surface area (Å²) in [7, 11) is 0. The fourth-order valence-corrected chi connectivity index (χ4v) is 2.97. The standard InChI is InChI=1S/C18H18F2N4O/c1-11(2)25-13-3-4-15-14(8-13)17(23-22-15)12-5-6-21-16(7-12)24-9-18(19,20)10-24/h3-8,11H,9-10H2,1-2H3,(H,22,23). The van der Waals surface area contributed by atoms with Crippen LogP contribution in [0.25, 0.3) is 22.2 Å². The summed E-state index contributed by atoms with van der Waals surface area (Å²) < 4.78 is 32.0. The molecule has 5 nitrogen and oxygen atoms in total. The third-order valence-corrected chi connectivity index (χ3v) is 4.09. The number of nitrogens with one attached hydrogen (secondary N) is 1. The first-order valence-corrected chi connectivity index (χ1v) is 8.15. The number of alkyl halides is 2. The summed E-state index contributed by atoms with van der Waals surface area (Å²) in [6.45, 7) is 3.35. The summed E-state index contributed by atoms with van der Waals surface area (Å²) in [5, 5.41) is 8.30. The molecule has 1 N–H and O–H groups in total. The normalized spacial score (nSPS) is 16.3. The monoisotopic (exact) mass is 344 g/mol. The Hall–Kier alpha value is -2.70. The molecule has 3 aromatic rings. The number of benzene rings is 1. The van der Waals surface area contributed by atoms with E-state index < -0.39 is 5.92 Å². The molecule has 25 heavy (non-hydrogen) atoms. The zero-order valence-corrected chi connectivity index (χ0v) is 14.0. The van der Waals surface area contributed by atoms with Crippen molar-refractivity contribution in [3.63, 3.8) is 0 Å². The van der Waals surface area contributed by atoms with Gasteiger partial charge in [0.1, 0.15) is 17.3 Å². The van der Waals surface area contributed by atoms with Crippen LogP contribution in [0.5, 0.6) is 5.75 Å². The van der Waals surface area contributed by atoms with E-state index in [1.807, 2.05) is 38.1 Å². The third-order valence-electron chi connectivity index (χ3n) is 4.09. The number of nitrogens with zero attached hydrogens (tertiary/aromatic N) is 3. The average molecular weight is 344 g/mol. The van der Waals surface area contributed by atoms with E-state index in [1.165, 1.54) is 0 Å². The Morgan fingerprint density at radius 2 is 2.00 bits per heavy atom. The molecule has 0 bridgehead atoms.